The van der Waals surface area contributed by atoms with Gasteiger partial charge < -0.3 is 9.80 Å². The lowest BCUT2D eigenvalue weighted by Crippen LogP contribution is -2.51. The number of hydrogen-bond acceptors (Lipinski definition) is 3. The summed E-state index contributed by atoms with van der Waals surface area (Å²) in [4.78, 5) is 15.9. The summed E-state index contributed by atoms with van der Waals surface area (Å²) in [6.07, 6.45) is 2.01. The van der Waals surface area contributed by atoms with Crippen molar-refractivity contribution in [2.75, 3.05) is 46.5 Å². The number of fused-ring (bicyclic) bond motifs is 1. The second-order valence-corrected chi connectivity index (χ2v) is 9.13. The summed E-state index contributed by atoms with van der Waals surface area (Å²) in [5.41, 5.74) is 1.05. The molecule has 2 saturated heterocycles. The fraction of sp³-hybridized carbons (Fsp3) is 0.588. The molecule has 2 aliphatic rings. The lowest BCUT2D eigenvalue weighted by Gasteiger charge is -2.42. The molecule has 2 amide bonds. The highest BCUT2D eigenvalue weighted by molar-refractivity contribution is 7.88. The molecule has 2 atom stereocenters. The Morgan fingerprint density at radius 3 is 2.46 bits per heavy atom. The van der Waals surface area contributed by atoms with Crippen LogP contribution in [0.3, 0.4) is 0 Å². The molecule has 0 aliphatic carbocycles. The molecule has 6 nitrogen and oxygen atoms in total. The predicted molar refractivity (Wildman–Crippen MR) is 93.3 cm³/mol. The minimum atomic E-state index is -3.21. The minimum absolute atomic E-state index is 0.00869. The summed E-state index contributed by atoms with van der Waals surface area (Å²) in [7, 11) is 0.297. The van der Waals surface area contributed by atoms with Gasteiger partial charge in [-0.1, -0.05) is 30.3 Å². The number of amides is 2. The van der Waals surface area contributed by atoms with Crippen LogP contribution in [0.4, 0.5) is 4.79 Å². The zero-order chi connectivity index (χ0) is 17.5. The highest BCUT2D eigenvalue weighted by atomic mass is 32.2. The van der Waals surface area contributed by atoms with E-state index in [9.17, 15) is 13.2 Å². The fourth-order valence-corrected chi connectivity index (χ4v) is 5.00. The van der Waals surface area contributed by atoms with Gasteiger partial charge in [-0.15, -0.1) is 0 Å². The van der Waals surface area contributed by atoms with Crippen molar-refractivity contribution in [3.63, 3.8) is 0 Å². The number of benzene rings is 1. The van der Waals surface area contributed by atoms with Crippen molar-refractivity contribution in [2.45, 2.75) is 11.8 Å². The zero-order valence-corrected chi connectivity index (χ0v) is 15.3. The molecule has 0 radical (unpaired) electrons. The molecule has 0 spiro atoms. The maximum absolute atomic E-state index is 12.5. The van der Waals surface area contributed by atoms with Gasteiger partial charge in [-0.05, 0) is 12.0 Å². The first kappa shape index (κ1) is 17.2. The number of piperidine rings is 1. The van der Waals surface area contributed by atoms with Gasteiger partial charge in [0, 0.05) is 51.6 Å². The zero-order valence-electron chi connectivity index (χ0n) is 14.5. The average Bonchev–Trinajstić information content (AvgIpc) is 2.93. The van der Waals surface area contributed by atoms with E-state index < -0.39 is 10.0 Å². The Kier molecular flexibility index (Phi) is 4.34. The number of nitrogens with zero attached hydrogens (tertiary/aromatic N) is 3. The Morgan fingerprint density at radius 2 is 1.88 bits per heavy atom. The van der Waals surface area contributed by atoms with Crippen LogP contribution in [0.2, 0.25) is 0 Å². The smallest absolute Gasteiger partial charge is 0.319 e. The van der Waals surface area contributed by atoms with Crippen molar-refractivity contribution in [3.05, 3.63) is 35.9 Å². The lowest BCUT2D eigenvalue weighted by atomic mass is 9.68. The number of sulfonamides is 1. The van der Waals surface area contributed by atoms with Gasteiger partial charge in [-0.25, -0.2) is 17.5 Å². The maximum atomic E-state index is 12.5. The highest BCUT2D eigenvalue weighted by Gasteiger charge is 2.52. The highest BCUT2D eigenvalue weighted by Crippen LogP contribution is 2.45. The Hall–Kier alpha value is -1.60. The summed E-state index contributed by atoms with van der Waals surface area (Å²) in [5, 5.41) is 0. The number of carbonyl (C=O) groups is 1. The van der Waals surface area contributed by atoms with Crippen LogP contribution in [0.5, 0.6) is 0 Å². The van der Waals surface area contributed by atoms with Crippen molar-refractivity contribution < 1.29 is 13.2 Å². The van der Waals surface area contributed by atoms with E-state index in [1.165, 1.54) is 11.8 Å². The molecule has 2 heterocycles. The van der Waals surface area contributed by atoms with Crippen molar-refractivity contribution >= 4 is 16.1 Å². The SMILES string of the molecule is CN(C)C(=O)N1CC2CN(S(C)(=O)=O)CCC2(c2ccccc2)C1. The molecule has 0 bridgehead atoms. The first-order chi connectivity index (χ1) is 11.2. The van der Waals surface area contributed by atoms with E-state index in [0.29, 0.717) is 26.2 Å². The number of hydrogen-bond donors (Lipinski definition) is 0. The van der Waals surface area contributed by atoms with Crippen LogP contribution in [0.25, 0.3) is 0 Å². The van der Waals surface area contributed by atoms with Crippen LogP contribution < -0.4 is 0 Å². The third-order valence-corrected chi connectivity index (χ3v) is 6.67. The van der Waals surface area contributed by atoms with E-state index in [4.69, 9.17) is 0 Å². The molecule has 7 heteroatoms. The van der Waals surface area contributed by atoms with E-state index in [1.807, 2.05) is 23.1 Å². The molecule has 132 valence electrons. The molecular formula is C17H25N3O3S. The van der Waals surface area contributed by atoms with Gasteiger partial charge in [0.15, 0.2) is 0 Å². The molecule has 2 unspecified atom stereocenters. The molecule has 2 fully saturated rings. The Morgan fingerprint density at radius 1 is 1.21 bits per heavy atom. The van der Waals surface area contributed by atoms with E-state index >= 15 is 0 Å². The van der Waals surface area contributed by atoms with Crippen LogP contribution in [0.1, 0.15) is 12.0 Å². The third kappa shape index (κ3) is 2.91. The second kappa shape index (κ2) is 6.04. The Bertz CT molecular complexity index is 720. The van der Waals surface area contributed by atoms with Crippen molar-refractivity contribution in [3.8, 4) is 0 Å². The van der Waals surface area contributed by atoms with Crippen LogP contribution in [-0.4, -0.2) is 75.1 Å². The van der Waals surface area contributed by atoms with E-state index in [1.54, 1.807) is 23.3 Å². The van der Waals surface area contributed by atoms with Crippen LogP contribution in [0, 0.1) is 5.92 Å². The summed E-state index contributed by atoms with van der Waals surface area (Å²) in [5.74, 6) is 0.118. The average molecular weight is 351 g/mol. The normalized spacial score (nSPS) is 27.8. The van der Waals surface area contributed by atoms with Crippen molar-refractivity contribution in [1.82, 2.24) is 14.1 Å². The van der Waals surface area contributed by atoms with Crippen LogP contribution in [-0.2, 0) is 15.4 Å². The van der Waals surface area contributed by atoms with Gasteiger partial charge in [-0.3, -0.25) is 0 Å². The fourth-order valence-electron chi connectivity index (χ4n) is 4.12. The molecular weight excluding hydrogens is 326 g/mol. The molecule has 0 aromatic heterocycles. The third-order valence-electron chi connectivity index (χ3n) is 5.40. The molecule has 0 N–H and O–H groups in total. The number of carbonyl (C=O) groups excluding carboxylic acids is 1. The molecule has 2 aliphatic heterocycles. The van der Waals surface area contributed by atoms with Gasteiger partial charge in [0.05, 0.1) is 6.26 Å². The number of rotatable bonds is 2. The van der Waals surface area contributed by atoms with E-state index in [0.717, 1.165) is 6.42 Å². The summed E-state index contributed by atoms with van der Waals surface area (Å²) in [6.45, 7) is 2.23. The minimum Gasteiger partial charge on any atom is -0.331 e. The van der Waals surface area contributed by atoms with E-state index in [2.05, 4.69) is 12.1 Å². The molecule has 0 saturated carbocycles. The van der Waals surface area contributed by atoms with Gasteiger partial charge in [0.1, 0.15) is 0 Å². The van der Waals surface area contributed by atoms with Gasteiger partial charge >= 0.3 is 6.03 Å². The molecule has 1 aromatic carbocycles. The lowest BCUT2D eigenvalue weighted by molar-refractivity contribution is 0.177. The summed E-state index contributed by atoms with van der Waals surface area (Å²) >= 11 is 0. The number of likely N-dealkylation sites (tertiary alicyclic amines) is 1. The van der Waals surface area contributed by atoms with E-state index in [-0.39, 0.29) is 17.4 Å². The Labute approximate surface area is 144 Å². The monoisotopic (exact) mass is 351 g/mol. The van der Waals surface area contributed by atoms with Crippen LogP contribution in [0.15, 0.2) is 30.3 Å². The van der Waals surface area contributed by atoms with Crippen molar-refractivity contribution in [2.24, 2.45) is 5.92 Å². The summed E-state index contributed by atoms with van der Waals surface area (Å²) < 4.78 is 25.5. The largest absolute Gasteiger partial charge is 0.331 e. The quantitative estimate of drug-likeness (QED) is 0.804. The predicted octanol–water partition coefficient (Wildman–Crippen LogP) is 1.20. The molecule has 1 aromatic rings. The van der Waals surface area contributed by atoms with Gasteiger partial charge in [0.25, 0.3) is 0 Å². The molecule has 3 rings (SSSR count). The number of urea groups is 1. The second-order valence-electron chi connectivity index (χ2n) is 7.15. The topological polar surface area (TPSA) is 60.9 Å². The van der Waals surface area contributed by atoms with Gasteiger partial charge in [-0.2, -0.15) is 0 Å². The van der Waals surface area contributed by atoms with Crippen LogP contribution >= 0.6 is 0 Å². The standard InChI is InChI=1S/C17H25N3O3S/c1-18(2)16(21)19-11-15-12-20(24(3,22)23)10-9-17(15,13-19)14-7-5-4-6-8-14/h4-8,15H,9-13H2,1-3H3. The van der Waals surface area contributed by atoms with Gasteiger partial charge in [0.2, 0.25) is 10.0 Å². The Balaban J connectivity index is 1.96. The first-order valence-electron chi connectivity index (χ1n) is 8.21. The molecule has 24 heavy (non-hydrogen) atoms. The van der Waals surface area contributed by atoms with Crippen molar-refractivity contribution in [1.29, 1.82) is 0 Å². The first-order valence-corrected chi connectivity index (χ1v) is 10.1. The maximum Gasteiger partial charge on any atom is 0.319 e. The summed E-state index contributed by atoms with van der Waals surface area (Å²) in [6, 6.07) is 10.2.